The van der Waals surface area contributed by atoms with E-state index in [-0.39, 0.29) is 5.78 Å². The molecule has 2 heterocycles. The van der Waals surface area contributed by atoms with Crippen LogP contribution < -0.4 is 14.4 Å². The van der Waals surface area contributed by atoms with E-state index in [0.717, 1.165) is 24.6 Å². The third-order valence-corrected chi connectivity index (χ3v) is 4.51. The third kappa shape index (κ3) is 3.96. The Labute approximate surface area is 157 Å². The first-order valence-corrected chi connectivity index (χ1v) is 8.71. The fourth-order valence-electron chi connectivity index (χ4n) is 2.81. The van der Waals surface area contributed by atoms with Crippen LogP contribution >= 0.6 is 11.6 Å². The number of carbonyl (C=O) groups is 1. The topological polar surface area (TPSA) is 64.6 Å². The molecule has 1 aromatic carbocycles. The van der Waals surface area contributed by atoms with Crippen LogP contribution in [-0.2, 0) is 0 Å². The fourth-order valence-corrected chi connectivity index (χ4v) is 3.05. The summed E-state index contributed by atoms with van der Waals surface area (Å²) < 4.78 is 10.4. The molecule has 1 saturated heterocycles. The van der Waals surface area contributed by atoms with Crippen LogP contribution in [0, 0.1) is 0 Å². The van der Waals surface area contributed by atoms with Gasteiger partial charge in [-0.25, -0.2) is 9.97 Å². The van der Waals surface area contributed by atoms with Crippen molar-refractivity contribution in [1.82, 2.24) is 9.97 Å². The first-order valence-electron chi connectivity index (χ1n) is 8.33. The Balaban J connectivity index is 1.76. The standard InChI is InChI=1S/C19H20ClN3O3/c1-25-17-10-18(26-2)15(20)9-14(17)16(24)6-5-13-11-21-19(22-12-13)23-7-3-4-8-23/h5-6,9-12H,3-4,7-8H2,1-2H3. The molecule has 0 amide bonds. The van der Waals surface area contributed by atoms with Gasteiger partial charge in [0.1, 0.15) is 11.5 Å². The van der Waals surface area contributed by atoms with Gasteiger partial charge in [-0.15, -0.1) is 0 Å². The van der Waals surface area contributed by atoms with Crippen LogP contribution in [0.25, 0.3) is 6.08 Å². The summed E-state index contributed by atoms with van der Waals surface area (Å²) in [6.07, 6.45) is 8.89. The van der Waals surface area contributed by atoms with Gasteiger partial charge in [-0.05, 0) is 31.1 Å². The lowest BCUT2D eigenvalue weighted by molar-refractivity contribution is 0.104. The zero-order valence-electron chi connectivity index (χ0n) is 14.7. The molecule has 1 aromatic heterocycles. The van der Waals surface area contributed by atoms with Crippen molar-refractivity contribution < 1.29 is 14.3 Å². The van der Waals surface area contributed by atoms with E-state index in [9.17, 15) is 4.79 Å². The van der Waals surface area contributed by atoms with Crippen molar-refractivity contribution >= 4 is 29.4 Å². The Kier molecular flexibility index (Phi) is 5.73. The summed E-state index contributed by atoms with van der Waals surface area (Å²) in [4.78, 5) is 23.4. The molecule has 1 aliphatic rings. The SMILES string of the molecule is COc1cc(OC)c(C(=O)C=Cc2cnc(N3CCCC3)nc2)cc1Cl. The smallest absolute Gasteiger partial charge is 0.225 e. The third-order valence-electron chi connectivity index (χ3n) is 4.21. The minimum atomic E-state index is -0.227. The maximum absolute atomic E-state index is 12.5. The van der Waals surface area contributed by atoms with E-state index < -0.39 is 0 Å². The van der Waals surface area contributed by atoms with Crippen LogP contribution in [0.4, 0.5) is 5.95 Å². The molecule has 0 saturated carbocycles. The minimum absolute atomic E-state index is 0.227. The van der Waals surface area contributed by atoms with Crippen molar-refractivity contribution in [2.45, 2.75) is 12.8 Å². The van der Waals surface area contributed by atoms with E-state index in [0.29, 0.717) is 22.1 Å². The second-order valence-electron chi connectivity index (χ2n) is 5.90. The maximum atomic E-state index is 12.5. The summed E-state index contributed by atoms with van der Waals surface area (Å²) in [5.41, 5.74) is 1.11. The average Bonchev–Trinajstić information content (AvgIpc) is 3.21. The summed E-state index contributed by atoms with van der Waals surface area (Å²) in [5.74, 6) is 1.36. The number of ketones is 1. The van der Waals surface area contributed by atoms with Crippen LogP contribution in [0.3, 0.4) is 0 Å². The Morgan fingerprint density at radius 1 is 1.12 bits per heavy atom. The number of rotatable bonds is 6. The van der Waals surface area contributed by atoms with Gasteiger partial charge in [-0.2, -0.15) is 0 Å². The predicted octanol–water partition coefficient (Wildman–Crippen LogP) is 3.64. The molecular formula is C19H20ClN3O3. The molecule has 0 radical (unpaired) electrons. The van der Waals surface area contributed by atoms with E-state index in [1.807, 2.05) is 0 Å². The van der Waals surface area contributed by atoms with E-state index >= 15 is 0 Å². The molecule has 0 unspecified atom stereocenters. The van der Waals surface area contributed by atoms with Gasteiger partial charge in [0.2, 0.25) is 5.95 Å². The molecule has 26 heavy (non-hydrogen) atoms. The molecule has 0 spiro atoms. The number of nitrogens with zero attached hydrogens (tertiary/aromatic N) is 3. The minimum Gasteiger partial charge on any atom is -0.496 e. The molecule has 3 rings (SSSR count). The molecule has 0 bridgehead atoms. The van der Waals surface area contributed by atoms with Crippen molar-refractivity contribution in [2.75, 3.05) is 32.2 Å². The monoisotopic (exact) mass is 373 g/mol. The van der Waals surface area contributed by atoms with E-state index in [4.69, 9.17) is 21.1 Å². The molecule has 2 aromatic rings. The summed E-state index contributed by atoms with van der Waals surface area (Å²) in [6.45, 7) is 1.98. The lowest BCUT2D eigenvalue weighted by Crippen LogP contribution is -2.20. The number of anilines is 1. The highest BCUT2D eigenvalue weighted by atomic mass is 35.5. The molecule has 1 aliphatic heterocycles. The molecule has 136 valence electrons. The largest absolute Gasteiger partial charge is 0.496 e. The van der Waals surface area contributed by atoms with Crippen LogP contribution in [0.5, 0.6) is 11.5 Å². The first-order chi connectivity index (χ1) is 12.6. The quantitative estimate of drug-likeness (QED) is 0.569. The van der Waals surface area contributed by atoms with Gasteiger partial charge in [0.05, 0.1) is 24.8 Å². The van der Waals surface area contributed by atoms with Crippen molar-refractivity contribution in [3.8, 4) is 11.5 Å². The fraction of sp³-hybridized carbons (Fsp3) is 0.316. The number of allylic oxidation sites excluding steroid dienone is 1. The predicted molar refractivity (Wildman–Crippen MR) is 101 cm³/mol. The van der Waals surface area contributed by atoms with Crippen molar-refractivity contribution in [2.24, 2.45) is 0 Å². The number of benzene rings is 1. The molecular weight excluding hydrogens is 354 g/mol. The van der Waals surface area contributed by atoms with Crippen LogP contribution in [-0.4, -0.2) is 43.1 Å². The summed E-state index contributed by atoms with van der Waals surface area (Å²) >= 11 is 6.12. The first kappa shape index (κ1) is 18.2. The lowest BCUT2D eigenvalue weighted by atomic mass is 10.1. The lowest BCUT2D eigenvalue weighted by Gasteiger charge is -2.14. The van der Waals surface area contributed by atoms with E-state index in [2.05, 4.69) is 14.9 Å². The number of hydrogen-bond donors (Lipinski definition) is 0. The molecule has 7 heteroatoms. The molecule has 0 N–H and O–H groups in total. The zero-order valence-corrected chi connectivity index (χ0v) is 15.5. The number of hydrogen-bond acceptors (Lipinski definition) is 6. The number of carbonyl (C=O) groups excluding carboxylic acids is 1. The van der Waals surface area contributed by atoms with E-state index in [1.165, 1.54) is 33.1 Å². The highest BCUT2D eigenvalue weighted by Crippen LogP contribution is 2.33. The summed E-state index contributed by atoms with van der Waals surface area (Å²) in [6, 6.07) is 3.14. The Hall–Kier alpha value is -2.60. The molecule has 0 aliphatic carbocycles. The van der Waals surface area contributed by atoms with Crippen molar-refractivity contribution in [1.29, 1.82) is 0 Å². The Morgan fingerprint density at radius 3 is 2.38 bits per heavy atom. The Bertz CT molecular complexity index is 816. The number of aromatic nitrogens is 2. The van der Waals surface area contributed by atoms with Gasteiger partial charge in [-0.1, -0.05) is 11.6 Å². The van der Waals surface area contributed by atoms with Crippen LogP contribution in [0.1, 0.15) is 28.8 Å². The number of ether oxygens (including phenoxy) is 2. The average molecular weight is 374 g/mol. The highest BCUT2D eigenvalue weighted by molar-refractivity contribution is 6.32. The normalized spacial score (nSPS) is 14.0. The summed E-state index contributed by atoms with van der Waals surface area (Å²) in [5, 5.41) is 0.350. The number of methoxy groups -OCH3 is 2. The van der Waals surface area contributed by atoms with Gasteiger partial charge in [0.25, 0.3) is 0 Å². The zero-order chi connectivity index (χ0) is 18.5. The number of halogens is 1. The van der Waals surface area contributed by atoms with Crippen molar-refractivity contribution in [3.05, 3.63) is 46.8 Å². The molecule has 6 nitrogen and oxygen atoms in total. The van der Waals surface area contributed by atoms with Gasteiger partial charge in [0.15, 0.2) is 5.78 Å². The summed E-state index contributed by atoms with van der Waals surface area (Å²) in [7, 11) is 3.00. The van der Waals surface area contributed by atoms with Gasteiger partial charge in [-0.3, -0.25) is 4.79 Å². The van der Waals surface area contributed by atoms with Gasteiger partial charge < -0.3 is 14.4 Å². The second-order valence-corrected chi connectivity index (χ2v) is 6.30. The molecule has 0 atom stereocenters. The van der Waals surface area contributed by atoms with E-state index in [1.54, 1.807) is 30.6 Å². The van der Waals surface area contributed by atoms with Crippen LogP contribution in [0.2, 0.25) is 5.02 Å². The van der Waals surface area contributed by atoms with Gasteiger partial charge >= 0.3 is 0 Å². The van der Waals surface area contributed by atoms with Gasteiger partial charge in [0, 0.05) is 37.1 Å². The Morgan fingerprint density at radius 2 is 1.77 bits per heavy atom. The highest BCUT2D eigenvalue weighted by Gasteiger charge is 2.15. The van der Waals surface area contributed by atoms with Crippen molar-refractivity contribution in [3.63, 3.8) is 0 Å². The molecule has 1 fully saturated rings. The van der Waals surface area contributed by atoms with Crippen LogP contribution in [0.15, 0.2) is 30.6 Å². The maximum Gasteiger partial charge on any atom is 0.225 e. The second kappa shape index (κ2) is 8.19.